The molecule has 0 bridgehead atoms. The average Bonchev–Trinajstić information content (AvgIpc) is 3.18. The molecular formula is C30H26N2O2S. The lowest BCUT2D eigenvalue weighted by atomic mass is 9.83. The zero-order chi connectivity index (χ0) is 24.1. The number of phenolic OH excluding ortho intramolecular Hbond substituents is 1. The number of fused-ring (bicyclic) bond motifs is 3. The lowest BCUT2D eigenvalue weighted by molar-refractivity contribution is 0.475. The summed E-state index contributed by atoms with van der Waals surface area (Å²) in [4.78, 5) is 19.6. The Morgan fingerprint density at radius 2 is 1.74 bits per heavy atom. The second kappa shape index (κ2) is 8.51. The fourth-order valence-corrected chi connectivity index (χ4v) is 6.11. The lowest BCUT2D eigenvalue weighted by Crippen LogP contribution is -2.38. The number of rotatable bonds is 3. The summed E-state index contributed by atoms with van der Waals surface area (Å²) >= 11 is 1.43. The molecule has 1 aromatic heterocycles. The highest BCUT2D eigenvalue weighted by Gasteiger charge is 2.32. The number of hydrogen-bond acceptors (Lipinski definition) is 4. The molecule has 6 rings (SSSR count). The molecule has 0 saturated heterocycles. The molecule has 0 amide bonds. The predicted octanol–water partition coefficient (Wildman–Crippen LogP) is 5.15. The number of hydrogen-bond donors (Lipinski definition) is 1. The Morgan fingerprint density at radius 3 is 2.49 bits per heavy atom. The average molecular weight is 479 g/mol. The third kappa shape index (κ3) is 3.76. The molecule has 1 aliphatic heterocycles. The molecule has 1 atom stereocenters. The van der Waals surface area contributed by atoms with Crippen LogP contribution in [0, 0.1) is 0 Å². The van der Waals surface area contributed by atoms with E-state index in [1.54, 1.807) is 12.1 Å². The Morgan fingerprint density at radius 1 is 1.00 bits per heavy atom. The standard InChI is InChI=1S/C30H26N2O2S/c1-18(2)20-9-11-22(12-10-20)28-25-16-13-21-5-3-4-6-24(21)27(25)31-30-32(28)29(34)26(35-30)17-19-7-14-23(33)15-8-19/h3-12,14-15,17-18,28,33H,13,16H2,1-2H3. The van der Waals surface area contributed by atoms with Crippen molar-refractivity contribution in [2.45, 2.75) is 38.6 Å². The number of aromatic hydroxyl groups is 1. The maximum atomic E-state index is 13.8. The highest BCUT2D eigenvalue weighted by molar-refractivity contribution is 7.07. The van der Waals surface area contributed by atoms with E-state index in [0.717, 1.165) is 34.5 Å². The van der Waals surface area contributed by atoms with Crippen molar-refractivity contribution >= 4 is 23.1 Å². The molecule has 4 aromatic rings. The molecule has 2 heterocycles. The number of thiazole rings is 1. The summed E-state index contributed by atoms with van der Waals surface area (Å²) in [5, 5.41) is 9.63. The molecule has 1 unspecified atom stereocenters. The van der Waals surface area contributed by atoms with Crippen molar-refractivity contribution in [3.63, 3.8) is 0 Å². The van der Waals surface area contributed by atoms with Crippen molar-refractivity contribution in [1.29, 1.82) is 0 Å². The van der Waals surface area contributed by atoms with Gasteiger partial charge in [-0.25, -0.2) is 4.99 Å². The third-order valence-electron chi connectivity index (χ3n) is 6.98. The summed E-state index contributed by atoms with van der Waals surface area (Å²) in [6.45, 7) is 4.39. The van der Waals surface area contributed by atoms with E-state index in [1.165, 1.54) is 33.6 Å². The monoisotopic (exact) mass is 478 g/mol. The summed E-state index contributed by atoms with van der Waals surface area (Å²) < 4.78 is 2.53. The summed E-state index contributed by atoms with van der Waals surface area (Å²) in [6.07, 6.45) is 3.72. The molecule has 174 valence electrons. The van der Waals surface area contributed by atoms with Crippen LogP contribution in [0.15, 0.2) is 88.2 Å². The van der Waals surface area contributed by atoms with Crippen molar-refractivity contribution in [2.24, 2.45) is 4.99 Å². The van der Waals surface area contributed by atoms with Gasteiger partial charge in [0.05, 0.1) is 16.3 Å². The molecule has 4 nitrogen and oxygen atoms in total. The Hall–Kier alpha value is -3.70. The van der Waals surface area contributed by atoms with Gasteiger partial charge in [-0.1, -0.05) is 85.8 Å². The molecule has 5 heteroatoms. The minimum Gasteiger partial charge on any atom is -0.508 e. The van der Waals surface area contributed by atoms with E-state index in [9.17, 15) is 9.90 Å². The Balaban J connectivity index is 1.59. The molecule has 0 radical (unpaired) electrons. The number of aromatic nitrogens is 1. The molecule has 0 saturated carbocycles. The SMILES string of the molecule is CC(C)c1ccc(C2C3=C(N=c4sc(=Cc5ccc(O)cc5)c(=O)n42)c2ccccc2CC3)cc1. The van der Waals surface area contributed by atoms with Crippen LogP contribution in [0.4, 0.5) is 0 Å². The van der Waals surface area contributed by atoms with Crippen LogP contribution < -0.4 is 14.9 Å². The molecular weight excluding hydrogens is 452 g/mol. The van der Waals surface area contributed by atoms with E-state index < -0.39 is 0 Å². The first-order valence-corrected chi connectivity index (χ1v) is 12.8. The normalized spacial score (nSPS) is 17.1. The first-order valence-electron chi connectivity index (χ1n) is 12.0. The van der Waals surface area contributed by atoms with Gasteiger partial charge in [-0.15, -0.1) is 0 Å². The molecule has 1 N–H and O–H groups in total. The van der Waals surface area contributed by atoms with Gasteiger partial charge >= 0.3 is 0 Å². The summed E-state index contributed by atoms with van der Waals surface area (Å²) in [6, 6.07) is 23.9. The van der Waals surface area contributed by atoms with Gasteiger partial charge in [0.2, 0.25) is 0 Å². The second-order valence-corrected chi connectivity index (χ2v) is 10.5. The molecule has 1 aliphatic carbocycles. The van der Waals surface area contributed by atoms with Gasteiger partial charge in [0, 0.05) is 5.56 Å². The number of benzene rings is 3. The van der Waals surface area contributed by atoms with Crippen molar-refractivity contribution in [3.05, 3.63) is 126 Å². The van der Waals surface area contributed by atoms with E-state index in [-0.39, 0.29) is 17.4 Å². The molecule has 35 heavy (non-hydrogen) atoms. The van der Waals surface area contributed by atoms with Gasteiger partial charge < -0.3 is 5.11 Å². The minimum absolute atomic E-state index is 0.0230. The number of nitrogens with zero attached hydrogens (tertiary/aromatic N) is 2. The Labute approximate surface area is 207 Å². The van der Waals surface area contributed by atoms with E-state index in [2.05, 4.69) is 62.4 Å². The zero-order valence-corrected chi connectivity index (χ0v) is 20.5. The minimum atomic E-state index is -0.169. The smallest absolute Gasteiger partial charge is 0.271 e. The van der Waals surface area contributed by atoms with Crippen molar-refractivity contribution in [3.8, 4) is 5.75 Å². The highest BCUT2D eigenvalue weighted by Crippen LogP contribution is 2.41. The molecule has 0 fully saturated rings. The lowest BCUT2D eigenvalue weighted by Gasteiger charge is -2.31. The van der Waals surface area contributed by atoms with Crippen LogP contribution in [0.3, 0.4) is 0 Å². The number of aryl methyl sites for hydroxylation is 1. The third-order valence-corrected chi connectivity index (χ3v) is 7.97. The number of allylic oxidation sites excluding steroid dienone is 1. The van der Waals surface area contributed by atoms with Gasteiger partial charge in [-0.3, -0.25) is 9.36 Å². The maximum absolute atomic E-state index is 13.8. The molecule has 2 aliphatic rings. The summed E-state index contributed by atoms with van der Waals surface area (Å²) in [7, 11) is 0. The fourth-order valence-electron chi connectivity index (χ4n) is 5.11. The van der Waals surface area contributed by atoms with Crippen molar-refractivity contribution in [1.82, 2.24) is 4.57 Å². The van der Waals surface area contributed by atoms with Crippen LogP contribution in [0.5, 0.6) is 5.75 Å². The number of phenols is 1. The second-order valence-electron chi connectivity index (χ2n) is 9.53. The quantitative estimate of drug-likeness (QED) is 0.443. The van der Waals surface area contributed by atoms with Crippen LogP contribution in [0.1, 0.15) is 60.0 Å². The van der Waals surface area contributed by atoms with Gasteiger partial charge in [-0.05, 0) is 64.8 Å². The van der Waals surface area contributed by atoms with E-state index >= 15 is 0 Å². The Kier molecular flexibility index (Phi) is 5.30. The summed E-state index contributed by atoms with van der Waals surface area (Å²) in [5.74, 6) is 0.660. The van der Waals surface area contributed by atoms with Crippen LogP contribution in [-0.4, -0.2) is 9.67 Å². The van der Waals surface area contributed by atoms with E-state index in [1.807, 2.05) is 22.8 Å². The maximum Gasteiger partial charge on any atom is 0.271 e. The van der Waals surface area contributed by atoms with E-state index in [0.29, 0.717) is 10.5 Å². The molecule has 3 aromatic carbocycles. The largest absolute Gasteiger partial charge is 0.508 e. The van der Waals surface area contributed by atoms with Gasteiger partial charge in [0.15, 0.2) is 4.80 Å². The predicted molar refractivity (Wildman–Crippen MR) is 141 cm³/mol. The van der Waals surface area contributed by atoms with Crippen LogP contribution in [0.2, 0.25) is 0 Å². The highest BCUT2D eigenvalue weighted by atomic mass is 32.1. The van der Waals surface area contributed by atoms with Gasteiger partial charge in [0.25, 0.3) is 5.56 Å². The first kappa shape index (κ1) is 21.8. The zero-order valence-electron chi connectivity index (χ0n) is 19.7. The van der Waals surface area contributed by atoms with E-state index in [4.69, 9.17) is 4.99 Å². The first-order chi connectivity index (χ1) is 17.0. The molecule has 0 spiro atoms. The summed E-state index contributed by atoms with van der Waals surface area (Å²) in [5.41, 5.74) is 7.98. The Bertz CT molecular complexity index is 1640. The topological polar surface area (TPSA) is 54.6 Å². The van der Waals surface area contributed by atoms with Gasteiger partial charge in [-0.2, -0.15) is 0 Å². The van der Waals surface area contributed by atoms with Gasteiger partial charge in [0.1, 0.15) is 5.75 Å². The van der Waals surface area contributed by atoms with Crippen molar-refractivity contribution < 1.29 is 5.11 Å². The van der Waals surface area contributed by atoms with Crippen LogP contribution in [-0.2, 0) is 6.42 Å². The fraction of sp³-hybridized carbons (Fsp3) is 0.200. The van der Waals surface area contributed by atoms with Crippen molar-refractivity contribution in [2.75, 3.05) is 0 Å². The van der Waals surface area contributed by atoms with Crippen LogP contribution in [0.25, 0.3) is 11.8 Å². The van der Waals surface area contributed by atoms with Crippen LogP contribution >= 0.6 is 11.3 Å².